The zero-order valence-electron chi connectivity index (χ0n) is 11.6. The molecule has 1 saturated carbocycles. The zero-order chi connectivity index (χ0) is 13.5. The van der Waals surface area contributed by atoms with Gasteiger partial charge in [0.25, 0.3) is 0 Å². The highest BCUT2D eigenvalue weighted by atomic mass is 35.5. The van der Waals surface area contributed by atoms with Crippen molar-refractivity contribution in [3.05, 3.63) is 35.9 Å². The summed E-state index contributed by atoms with van der Waals surface area (Å²) in [6.45, 7) is 1.58. The lowest BCUT2D eigenvalue weighted by molar-refractivity contribution is -0.122. The van der Waals surface area contributed by atoms with E-state index in [1.807, 2.05) is 30.3 Å². The second kappa shape index (κ2) is 8.95. The first-order chi connectivity index (χ1) is 9.25. The topological polar surface area (TPSA) is 64.3 Å². The molecule has 0 bridgehead atoms. The first-order valence-corrected chi connectivity index (χ1v) is 6.89. The Bertz CT molecular complexity index is 396. The van der Waals surface area contributed by atoms with Crippen molar-refractivity contribution in [2.24, 2.45) is 11.7 Å². The van der Waals surface area contributed by atoms with Gasteiger partial charge in [0.15, 0.2) is 0 Å². The lowest BCUT2D eigenvalue weighted by Gasteiger charge is -2.11. The molecule has 1 aromatic rings. The summed E-state index contributed by atoms with van der Waals surface area (Å²) in [5.74, 6) is 0.638. The van der Waals surface area contributed by atoms with Gasteiger partial charge in [-0.15, -0.1) is 12.4 Å². The fraction of sp³-hybridized carbons (Fsp3) is 0.533. The highest BCUT2D eigenvalue weighted by Crippen LogP contribution is 2.31. The first-order valence-electron chi connectivity index (χ1n) is 6.89. The number of amides is 1. The van der Waals surface area contributed by atoms with E-state index in [-0.39, 0.29) is 24.4 Å². The summed E-state index contributed by atoms with van der Waals surface area (Å²) in [5.41, 5.74) is 7.04. The third-order valence-corrected chi connectivity index (χ3v) is 3.35. The molecule has 0 heterocycles. The molecule has 4 nitrogen and oxygen atoms in total. The Morgan fingerprint density at radius 2 is 2.05 bits per heavy atom. The van der Waals surface area contributed by atoms with Crippen molar-refractivity contribution >= 4 is 18.3 Å². The molecule has 112 valence electrons. The SMILES string of the molecule is Cl.NC(CNC(=O)CCOCc1ccccc1)C1CC1. The van der Waals surface area contributed by atoms with Crippen LogP contribution in [0.5, 0.6) is 0 Å². The van der Waals surface area contributed by atoms with Crippen LogP contribution in [0.4, 0.5) is 0 Å². The number of hydrogen-bond donors (Lipinski definition) is 2. The molecule has 1 amide bonds. The lowest BCUT2D eigenvalue weighted by atomic mass is 10.2. The van der Waals surface area contributed by atoms with E-state index in [4.69, 9.17) is 10.5 Å². The Morgan fingerprint density at radius 3 is 2.70 bits per heavy atom. The number of carbonyl (C=O) groups is 1. The number of rotatable bonds is 8. The van der Waals surface area contributed by atoms with Gasteiger partial charge in [-0.05, 0) is 24.3 Å². The summed E-state index contributed by atoms with van der Waals surface area (Å²) in [4.78, 5) is 11.6. The number of nitrogens with two attached hydrogens (primary N) is 1. The molecule has 0 radical (unpaired) electrons. The van der Waals surface area contributed by atoms with Crippen molar-refractivity contribution < 1.29 is 9.53 Å². The molecule has 2 rings (SSSR count). The van der Waals surface area contributed by atoms with E-state index in [0.29, 0.717) is 32.1 Å². The van der Waals surface area contributed by atoms with Gasteiger partial charge in [0.2, 0.25) is 5.91 Å². The van der Waals surface area contributed by atoms with Gasteiger partial charge in [-0.1, -0.05) is 30.3 Å². The van der Waals surface area contributed by atoms with Crippen LogP contribution >= 0.6 is 12.4 Å². The average molecular weight is 299 g/mol. The van der Waals surface area contributed by atoms with Crippen LogP contribution in [-0.4, -0.2) is 25.1 Å². The second-order valence-corrected chi connectivity index (χ2v) is 5.09. The largest absolute Gasteiger partial charge is 0.376 e. The van der Waals surface area contributed by atoms with Crippen LogP contribution < -0.4 is 11.1 Å². The first kappa shape index (κ1) is 17.0. The Balaban J connectivity index is 0.00000200. The minimum Gasteiger partial charge on any atom is -0.376 e. The van der Waals surface area contributed by atoms with Crippen LogP contribution in [0, 0.1) is 5.92 Å². The Kier molecular flexibility index (Phi) is 7.59. The fourth-order valence-electron chi connectivity index (χ4n) is 1.94. The zero-order valence-corrected chi connectivity index (χ0v) is 12.4. The normalized spacial score (nSPS) is 15.2. The summed E-state index contributed by atoms with van der Waals surface area (Å²) < 4.78 is 5.46. The quantitative estimate of drug-likeness (QED) is 0.720. The summed E-state index contributed by atoms with van der Waals surface area (Å²) in [6.07, 6.45) is 2.80. The number of nitrogens with one attached hydrogen (secondary N) is 1. The number of halogens is 1. The van der Waals surface area contributed by atoms with Crippen molar-refractivity contribution in [3.63, 3.8) is 0 Å². The third kappa shape index (κ3) is 6.37. The Morgan fingerprint density at radius 1 is 1.35 bits per heavy atom. The summed E-state index contributed by atoms with van der Waals surface area (Å²) >= 11 is 0. The van der Waals surface area contributed by atoms with Gasteiger partial charge < -0.3 is 15.8 Å². The van der Waals surface area contributed by atoms with Crippen molar-refractivity contribution in [1.82, 2.24) is 5.32 Å². The monoisotopic (exact) mass is 298 g/mol. The van der Waals surface area contributed by atoms with Crippen molar-refractivity contribution in [2.75, 3.05) is 13.2 Å². The van der Waals surface area contributed by atoms with Crippen LogP contribution in [0.1, 0.15) is 24.8 Å². The number of hydrogen-bond acceptors (Lipinski definition) is 3. The fourth-order valence-corrected chi connectivity index (χ4v) is 1.94. The van der Waals surface area contributed by atoms with E-state index in [0.717, 1.165) is 5.56 Å². The van der Waals surface area contributed by atoms with Gasteiger partial charge in [0.1, 0.15) is 0 Å². The van der Waals surface area contributed by atoms with Crippen LogP contribution in [0.25, 0.3) is 0 Å². The van der Waals surface area contributed by atoms with Crippen LogP contribution in [-0.2, 0) is 16.1 Å². The van der Waals surface area contributed by atoms with Gasteiger partial charge >= 0.3 is 0 Å². The van der Waals surface area contributed by atoms with E-state index in [2.05, 4.69) is 5.32 Å². The summed E-state index contributed by atoms with van der Waals surface area (Å²) in [5, 5.41) is 2.86. The van der Waals surface area contributed by atoms with Gasteiger partial charge in [-0.2, -0.15) is 0 Å². The van der Waals surface area contributed by atoms with Gasteiger partial charge in [0.05, 0.1) is 13.2 Å². The van der Waals surface area contributed by atoms with Crippen molar-refractivity contribution in [2.45, 2.75) is 31.9 Å². The summed E-state index contributed by atoms with van der Waals surface area (Å²) in [7, 11) is 0. The second-order valence-electron chi connectivity index (χ2n) is 5.09. The highest BCUT2D eigenvalue weighted by molar-refractivity contribution is 5.85. The molecule has 3 N–H and O–H groups in total. The molecule has 0 aliphatic heterocycles. The Hall–Kier alpha value is -1.10. The number of carbonyl (C=O) groups excluding carboxylic acids is 1. The smallest absolute Gasteiger partial charge is 0.222 e. The van der Waals surface area contributed by atoms with E-state index >= 15 is 0 Å². The maximum absolute atomic E-state index is 11.6. The molecular formula is C15H23ClN2O2. The Labute approximate surface area is 126 Å². The molecular weight excluding hydrogens is 276 g/mol. The molecule has 0 aromatic heterocycles. The van der Waals surface area contributed by atoms with E-state index in [1.165, 1.54) is 12.8 Å². The average Bonchev–Trinajstić information content (AvgIpc) is 3.27. The predicted molar refractivity (Wildman–Crippen MR) is 81.7 cm³/mol. The van der Waals surface area contributed by atoms with Crippen LogP contribution in [0.15, 0.2) is 30.3 Å². The molecule has 1 aliphatic carbocycles. The van der Waals surface area contributed by atoms with Crippen LogP contribution in [0.2, 0.25) is 0 Å². The molecule has 1 aromatic carbocycles. The number of benzene rings is 1. The minimum atomic E-state index is 0. The third-order valence-electron chi connectivity index (χ3n) is 3.35. The van der Waals surface area contributed by atoms with E-state index < -0.39 is 0 Å². The van der Waals surface area contributed by atoms with E-state index in [1.54, 1.807) is 0 Å². The molecule has 1 aliphatic rings. The molecule has 1 atom stereocenters. The predicted octanol–water partition coefficient (Wildman–Crippen LogP) is 1.87. The maximum atomic E-state index is 11.6. The van der Waals surface area contributed by atoms with Crippen molar-refractivity contribution in [1.29, 1.82) is 0 Å². The molecule has 1 fully saturated rings. The molecule has 0 spiro atoms. The van der Waals surface area contributed by atoms with Gasteiger partial charge in [0, 0.05) is 19.0 Å². The van der Waals surface area contributed by atoms with Gasteiger partial charge in [-0.25, -0.2) is 0 Å². The van der Waals surface area contributed by atoms with Gasteiger partial charge in [-0.3, -0.25) is 4.79 Å². The van der Waals surface area contributed by atoms with Crippen LogP contribution in [0.3, 0.4) is 0 Å². The number of ether oxygens (including phenoxy) is 1. The summed E-state index contributed by atoms with van der Waals surface area (Å²) in [6, 6.07) is 10.1. The standard InChI is InChI=1S/C15H22N2O2.ClH/c16-14(13-6-7-13)10-17-15(18)8-9-19-11-12-4-2-1-3-5-12;/h1-5,13-14H,6-11,16H2,(H,17,18);1H. The lowest BCUT2D eigenvalue weighted by Crippen LogP contribution is -2.38. The molecule has 5 heteroatoms. The minimum absolute atomic E-state index is 0. The highest BCUT2D eigenvalue weighted by Gasteiger charge is 2.28. The molecule has 0 saturated heterocycles. The van der Waals surface area contributed by atoms with E-state index in [9.17, 15) is 4.79 Å². The maximum Gasteiger partial charge on any atom is 0.222 e. The molecule has 20 heavy (non-hydrogen) atoms. The van der Waals surface area contributed by atoms with Crippen molar-refractivity contribution in [3.8, 4) is 0 Å². The molecule has 1 unspecified atom stereocenters.